The van der Waals surface area contributed by atoms with Crippen LogP contribution in [0.4, 0.5) is 5.69 Å². The number of allylic oxidation sites excluding steroid dienone is 1. The second-order valence-corrected chi connectivity index (χ2v) is 10.1. The molecule has 1 unspecified atom stereocenters. The summed E-state index contributed by atoms with van der Waals surface area (Å²) >= 11 is 0. The molecule has 0 spiro atoms. The maximum absolute atomic E-state index is 13.1. The topological polar surface area (TPSA) is 89.6 Å². The predicted molar refractivity (Wildman–Crippen MR) is 136 cm³/mol. The normalized spacial score (nSPS) is 23.3. The zero-order valence-electron chi connectivity index (χ0n) is 20.5. The zero-order chi connectivity index (χ0) is 23.9. The van der Waals surface area contributed by atoms with E-state index in [1.54, 1.807) is 0 Å². The summed E-state index contributed by atoms with van der Waals surface area (Å²) in [6.45, 7) is 6.96. The molecule has 180 valence electrons. The van der Waals surface area contributed by atoms with Crippen molar-refractivity contribution >= 4 is 34.6 Å². The third-order valence-corrected chi connectivity index (χ3v) is 8.13. The Morgan fingerprint density at radius 1 is 1.24 bits per heavy atom. The minimum atomic E-state index is -0.432. The van der Waals surface area contributed by atoms with Crippen molar-refractivity contribution in [2.24, 2.45) is 5.10 Å². The van der Waals surface area contributed by atoms with Crippen LogP contribution in [0.1, 0.15) is 82.5 Å². The molecule has 1 aromatic heterocycles. The third kappa shape index (κ3) is 3.62. The minimum absolute atomic E-state index is 0.230. The fraction of sp³-hybridized carbons (Fsp3) is 0.519. The maximum atomic E-state index is 13.1. The highest BCUT2D eigenvalue weighted by atomic mass is 16.2. The average molecular weight is 462 g/mol. The number of benzene rings is 1. The summed E-state index contributed by atoms with van der Waals surface area (Å²) in [5, 5.41) is 8.50. The summed E-state index contributed by atoms with van der Waals surface area (Å²) in [5.74, 6) is 0.230. The fourth-order valence-corrected chi connectivity index (χ4v) is 5.61. The summed E-state index contributed by atoms with van der Waals surface area (Å²) in [4.78, 5) is 28.4. The number of anilines is 1. The lowest BCUT2D eigenvalue weighted by atomic mass is 9.81. The van der Waals surface area contributed by atoms with E-state index in [4.69, 9.17) is 0 Å². The van der Waals surface area contributed by atoms with E-state index in [-0.39, 0.29) is 5.91 Å². The number of likely N-dealkylation sites (N-methyl/N-ethyl adjacent to an activating group) is 1. The van der Waals surface area contributed by atoms with E-state index in [0.29, 0.717) is 12.6 Å². The monoisotopic (exact) mass is 461 g/mol. The summed E-state index contributed by atoms with van der Waals surface area (Å²) in [7, 11) is 0. The molecule has 1 atom stereocenters. The molecule has 2 aliphatic heterocycles. The van der Waals surface area contributed by atoms with E-state index in [0.717, 1.165) is 61.0 Å². The number of aromatic amines is 1. The molecule has 34 heavy (non-hydrogen) atoms. The molecular formula is C27H35N5O2. The first-order chi connectivity index (χ1) is 16.5. The average Bonchev–Trinajstić information content (AvgIpc) is 3.27. The Kier molecular flexibility index (Phi) is 5.96. The number of fused-ring (bicyclic) bond motifs is 7. The van der Waals surface area contributed by atoms with Crippen molar-refractivity contribution in [2.45, 2.75) is 83.6 Å². The second-order valence-electron chi connectivity index (χ2n) is 10.1. The quantitative estimate of drug-likeness (QED) is 0.590. The zero-order valence-corrected chi connectivity index (χ0v) is 20.5. The third-order valence-electron chi connectivity index (χ3n) is 8.13. The van der Waals surface area contributed by atoms with E-state index in [1.165, 1.54) is 41.5 Å². The number of hydrogen-bond acceptors (Lipinski definition) is 4. The van der Waals surface area contributed by atoms with Crippen LogP contribution in [0.2, 0.25) is 0 Å². The number of rotatable bonds is 4. The summed E-state index contributed by atoms with van der Waals surface area (Å²) in [6.07, 6.45) is 11.5. The van der Waals surface area contributed by atoms with Gasteiger partial charge in [0.15, 0.2) is 0 Å². The lowest BCUT2D eigenvalue weighted by molar-refractivity contribution is -0.122. The van der Waals surface area contributed by atoms with Crippen LogP contribution in [-0.4, -0.2) is 35.6 Å². The summed E-state index contributed by atoms with van der Waals surface area (Å²) in [5.41, 5.74) is 11.1. The molecule has 4 aliphatic rings. The van der Waals surface area contributed by atoms with Gasteiger partial charge in [0, 0.05) is 41.8 Å². The Bertz CT molecular complexity index is 1190. The molecular weight excluding hydrogens is 426 g/mol. The van der Waals surface area contributed by atoms with Crippen LogP contribution in [0.25, 0.3) is 10.9 Å². The van der Waals surface area contributed by atoms with Crippen LogP contribution in [-0.2, 0) is 21.4 Å². The number of aromatic nitrogens is 1. The van der Waals surface area contributed by atoms with Gasteiger partial charge >= 0.3 is 0 Å². The van der Waals surface area contributed by atoms with Crippen molar-refractivity contribution in [3.8, 4) is 0 Å². The van der Waals surface area contributed by atoms with E-state index < -0.39 is 5.41 Å². The van der Waals surface area contributed by atoms with Crippen molar-refractivity contribution < 1.29 is 9.59 Å². The van der Waals surface area contributed by atoms with Gasteiger partial charge in [-0.3, -0.25) is 15.0 Å². The first-order valence-electron chi connectivity index (χ1n) is 12.7. The number of hydrogen-bond donors (Lipinski definition) is 3. The highest BCUT2D eigenvalue weighted by molar-refractivity contribution is 6.12. The van der Waals surface area contributed by atoms with Crippen LogP contribution in [0.3, 0.4) is 0 Å². The van der Waals surface area contributed by atoms with Crippen LogP contribution >= 0.6 is 0 Å². The molecule has 2 bridgehead atoms. The summed E-state index contributed by atoms with van der Waals surface area (Å²) in [6, 6.07) is 4.98. The Hall–Kier alpha value is -3.09. The number of aryl methyl sites for hydroxylation is 1. The highest BCUT2D eigenvalue weighted by Gasteiger charge is 2.46. The van der Waals surface area contributed by atoms with Crippen LogP contribution in [0.15, 0.2) is 29.0 Å². The van der Waals surface area contributed by atoms with Gasteiger partial charge in [-0.15, -0.1) is 0 Å². The van der Waals surface area contributed by atoms with Gasteiger partial charge < -0.3 is 15.2 Å². The number of carbonyl (C=O) groups excluding carboxylic acids is 2. The van der Waals surface area contributed by atoms with Gasteiger partial charge in [-0.25, -0.2) is 0 Å². The van der Waals surface area contributed by atoms with Gasteiger partial charge in [0.25, 0.3) is 0 Å². The van der Waals surface area contributed by atoms with Gasteiger partial charge in [-0.1, -0.05) is 6.92 Å². The van der Waals surface area contributed by atoms with Crippen LogP contribution in [0, 0.1) is 0 Å². The number of carbonyl (C=O) groups is 2. The number of nitrogens with one attached hydrogen (secondary N) is 3. The molecule has 1 saturated carbocycles. The number of H-pyrrole nitrogens is 1. The van der Waals surface area contributed by atoms with Crippen LogP contribution < -0.4 is 15.6 Å². The van der Waals surface area contributed by atoms with Gasteiger partial charge in [-0.2, -0.15) is 5.10 Å². The van der Waals surface area contributed by atoms with Gasteiger partial charge in [0.1, 0.15) is 0 Å². The van der Waals surface area contributed by atoms with Gasteiger partial charge in [0.05, 0.1) is 16.8 Å². The number of amides is 2. The predicted octanol–water partition coefficient (Wildman–Crippen LogP) is 4.40. The van der Waals surface area contributed by atoms with Crippen molar-refractivity contribution in [2.75, 3.05) is 11.4 Å². The standard InChI is InChI=1S/C22H26N4O.C5H9NO/c1-4-22(3)16-11-17-15(10-19(16)26(5-2)21(22)27)14-8-6-7-13-9-18(20(14)24-17)25-23-12-13;7-4-6-5-2-1-3-5/h10-12,23-24H,4-9H2,1-3H3;4-5H,1-3H2,(H,6,7). The Labute approximate surface area is 201 Å². The molecule has 3 heterocycles. The fourth-order valence-electron chi connectivity index (χ4n) is 5.61. The van der Waals surface area contributed by atoms with E-state index in [2.05, 4.69) is 53.7 Å². The molecule has 3 N–H and O–H groups in total. The maximum Gasteiger partial charge on any atom is 0.237 e. The number of hydrazone groups is 1. The molecule has 1 aromatic carbocycles. The number of nitrogens with zero attached hydrogens (tertiary/aromatic N) is 2. The molecule has 2 amide bonds. The van der Waals surface area contributed by atoms with E-state index in [1.807, 2.05) is 11.1 Å². The lowest BCUT2D eigenvalue weighted by Crippen LogP contribution is -2.37. The largest absolute Gasteiger partial charge is 0.356 e. The molecule has 7 nitrogen and oxygen atoms in total. The molecule has 7 heteroatoms. The van der Waals surface area contributed by atoms with E-state index in [9.17, 15) is 9.59 Å². The molecule has 6 rings (SSSR count). The SMILES string of the molecule is CCN1C(=O)C(C)(CC)c2cc3[nH]c4c(c3cc21)CCCC1=CNN=C4C1.O=CNC1CCC1. The smallest absolute Gasteiger partial charge is 0.237 e. The Morgan fingerprint density at radius 3 is 2.71 bits per heavy atom. The first kappa shape index (κ1) is 22.7. The molecule has 2 aliphatic carbocycles. The lowest BCUT2D eigenvalue weighted by Gasteiger charge is -2.23. The molecule has 0 saturated heterocycles. The van der Waals surface area contributed by atoms with Gasteiger partial charge in [0.2, 0.25) is 12.3 Å². The Balaban J connectivity index is 0.000000297. The van der Waals surface area contributed by atoms with Crippen molar-refractivity contribution in [1.82, 2.24) is 15.7 Å². The van der Waals surface area contributed by atoms with Crippen molar-refractivity contribution in [1.29, 1.82) is 0 Å². The minimum Gasteiger partial charge on any atom is -0.356 e. The summed E-state index contributed by atoms with van der Waals surface area (Å²) < 4.78 is 0. The molecule has 0 radical (unpaired) electrons. The van der Waals surface area contributed by atoms with E-state index >= 15 is 0 Å². The van der Waals surface area contributed by atoms with Crippen LogP contribution in [0.5, 0.6) is 0 Å². The van der Waals surface area contributed by atoms with Gasteiger partial charge in [-0.05, 0) is 87.6 Å². The molecule has 1 fully saturated rings. The first-order valence-corrected chi connectivity index (χ1v) is 12.7. The highest BCUT2D eigenvalue weighted by Crippen LogP contribution is 2.46. The van der Waals surface area contributed by atoms with Crippen molar-refractivity contribution in [3.63, 3.8) is 0 Å². The van der Waals surface area contributed by atoms with Crippen molar-refractivity contribution in [3.05, 3.63) is 40.7 Å². The Morgan fingerprint density at radius 2 is 2.06 bits per heavy atom. The second kappa shape index (κ2) is 8.93. The molecule has 2 aromatic rings.